The Morgan fingerprint density at radius 3 is 2.80 bits per heavy atom. The molecule has 128 valence electrons. The number of carbonyl (C=O) groups excluding carboxylic acids is 1. The van der Waals surface area contributed by atoms with Crippen molar-refractivity contribution < 1.29 is 13.9 Å². The van der Waals surface area contributed by atoms with E-state index in [-0.39, 0.29) is 11.8 Å². The van der Waals surface area contributed by atoms with Crippen LogP contribution >= 0.6 is 11.6 Å². The molecule has 0 saturated carbocycles. The Hall–Kier alpha value is -2.80. The van der Waals surface area contributed by atoms with Crippen molar-refractivity contribution in [2.24, 2.45) is 0 Å². The van der Waals surface area contributed by atoms with E-state index in [9.17, 15) is 9.18 Å². The zero-order valence-corrected chi connectivity index (χ0v) is 13.9. The molecule has 3 rings (SSSR count). The number of ether oxygens (including phenoxy) is 1. The van der Waals surface area contributed by atoms with E-state index in [0.717, 1.165) is 0 Å². The molecule has 2 aromatic heterocycles. The SMILES string of the molecule is O=C(OCC(=CF)CCn1cnc2c(Cl)ncnc21)c1ccccc1. The number of halogens is 2. The fourth-order valence-electron chi connectivity index (χ4n) is 2.25. The van der Waals surface area contributed by atoms with Crippen molar-refractivity contribution >= 4 is 28.7 Å². The maximum Gasteiger partial charge on any atom is 0.338 e. The number of rotatable bonds is 6. The van der Waals surface area contributed by atoms with Crippen LogP contribution in [0.2, 0.25) is 5.15 Å². The molecule has 6 nitrogen and oxygen atoms in total. The van der Waals surface area contributed by atoms with Crippen molar-refractivity contribution in [3.63, 3.8) is 0 Å². The molecule has 0 radical (unpaired) electrons. The molecular weight excluding hydrogens is 347 g/mol. The number of nitrogens with zero attached hydrogens (tertiary/aromatic N) is 4. The number of aromatic nitrogens is 4. The lowest BCUT2D eigenvalue weighted by atomic mass is 10.2. The molecule has 0 aliphatic carbocycles. The van der Waals surface area contributed by atoms with E-state index < -0.39 is 5.97 Å². The third-order valence-electron chi connectivity index (χ3n) is 3.58. The summed E-state index contributed by atoms with van der Waals surface area (Å²) in [6.45, 7) is 0.301. The maximum absolute atomic E-state index is 13.1. The predicted octanol–water partition coefficient (Wildman–Crippen LogP) is 3.58. The Labute approximate surface area is 147 Å². The van der Waals surface area contributed by atoms with Gasteiger partial charge in [0.15, 0.2) is 10.8 Å². The van der Waals surface area contributed by atoms with E-state index in [0.29, 0.717) is 41.6 Å². The van der Waals surface area contributed by atoms with Crippen molar-refractivity contribution in [2.75, 3.05) is 6.61 Å². The fourth-order valence-corrected chi connectivity index (χ4v) is 2.43. The van der Waals surface area contributed by atoms with Crippen LogP contribution in [0.5, 0.6) is 0 Å². The molecule has 0 amide bonds. The number of fused-ring (bicyclic) bond motifs is 1. The van der Waals surface area contributed by atoms with Gasteiger partial charge in [-0.25, -0.2) is 24.1 Å². The first-order chi connectivity index (χ1) is 12.2. The third kappa shape index (κ3) is 4.00. The van der Waals surface area contributed by atoms with E-state index in [2.05, 4.69) is 15.0 Å². The molecule has 0 aliphatic rings. The number of hydrogen-bond acceptors (Lipinski definition) is 5. The summed E-state index contributed by atoms with van der Waals surface area (Å²) in [7, 11) is 0. The quantitative estimate of drug-likeness (QED) is 0.496. The molecule has 0 atom stereocenters. The second kappa shape index (κ2) is 7.85. The van der Waals surface area contributed by atoms with Crippen LogP contribution in [0.3, 0.4) is 0 Å². The van der Waals surface area contributed by atoms with E-state index in [1.165, 1.54) is 6.33 Å². The molecule has 1 aromatic carbocycles. The molecular formula is C17H14ClFN4O2. The van der Waals surface area contributed by atoms with Gasteiger partial charge >= 0.3 is 5.97 Å². The number of carbonyl (C=O) groups is 1. The van der Waals surface area contributed by atoms with Gasteiger partial charge in [0.05, 0.1) is 18.2 Å². The van der Waals surface area contributed by atoms with Crippen LogP contribution in [-0.4, -0.2) is 32.1 Å². The van der Waals surface area contributed by atoms with Crippen molar-refractivity contribution in [1.82, 2.24) is 19.5 Å². The van der Waals surface area contributed by atoms with E-state index in [1.54, 1.807) is 41.2 Å². The third-order valence-corrected chi connectivity index (χ3v) is 3.86. The molecule has 25 heavy (non-hydrogen) atoms. The van der Waals surface area contributed by atoms with Crippen molar-refractivity contribution in [3.8, 4) is 0 Å². The molecule has 0 fully saturated rings. The summed E-state index contributed by atoms with van der Waals surface area (Å²) in [5, 5.41) is 0.266. The van der Waals surface area contributed by atoms with E-state index >= 15 is 0 Å². The summed E-state index contributed by atoms with van der Waals surface area (Å²) >= 11 is 5.95. The highest BCUT2D eigenvalue weighted by molar-refractivity contribution is 6.33. The molecule has 0 aliphatic heterocycles. The van der Waals surface area contributed by atoms with Crippen LogP contribution in [0.15, 0.2) is 54.9 Å². The zero-order valence-electron chi connectivity index (χ0n) is 13.1. The number of hydrogen-bond donors (Lipinski definition) is 0. The van der Waals surface area contributed by atoms with E-state index in [4.69, 9.17) is 16.3 Å². The highest BCUT2D eigenvalue weighted by Gasteiger charge is 2.11. The molecule has 2 heterocycles. The molecule has 0 saturated heterocycles. The Kier molecular flexibility index (Phi) is 5.35. The lowest BCUT2D eigenvalue weighted by molar-refractivity contribution is 0.0536. The Bertz CT molecular complexity index is 911. The number of imidazole rings is 1. The minimum atomic E-state index is -0.493. The Balaban J connectivity index is 1.59. The average molecular weight is 361 g/mol. The lowest BCUT2D eigenvalue weighted by Gasteiger charge is -2.08. The predicted molar refractivity (Wildman–Crippen MR) is 90.9 cm³/mol. The van der Waals surface area contributed by atoms with Gasteiger partial charge in [0.2, 0.25) is 0 Å². The van der Waals surface area contributed by atoms with Crippen LogP contribution in [0, 0.1) is 0 Å². The first-order valence-electron chi connectivity index (χ1n) is 7.50. The lowest BCUT2D eigenvalue weighted by Crippen LogP contribution is -2.09. The normalized spacial score (nSPS) is 11.7. The molecule has 8 heteroatoms. The highest BCUT2D eigenvalue weighted by atomic mass is 35.5. The van der Waals surface area contributed by atoms with Gasteiger partial charge in [0.1, 0.15) is 18.5 Å². The van der Waals surface area contributed by atoms with Gasteiger partial charge in [-0.3, -0.25) is 0 Å². The monoisotopic (exact) mass is 360 g/mol. The van der Waals surface area contributed by atoms with Crippen LogP contribution in [0.4, 0.5) is 4.39 Å². The first kappa shape index (κ1) is 17.0. The number of benzene rings is 1. The standard InChI is InChI=1S/C17H14ClFN4O2/c18-15-14-16(21-10-20-15)23(11-22-14)7-6-12(8-19)9-25-17(24)13-4-2-1-3-5-13/h1-5,8,10-11H,6-7,9H2. The van der Waals surface area contributed by atoms with Gasteiger partial charge < -0.3 is 9.30 Å². The summed E-state index contributed by atoms with van der Waals surface area (Å²) < 4.78 is 20.0. The van der Waals surface area contributed by atoms with Gasteiger partial charge in [-0.1, -0.05) is 29.8 Å². The summed E-state index contributed by atoms with van der Waals surface area (Å²) in [5.74, 6) is -0.493. The summed E-state index contributed by atoms with van der Waals surface area (Å²) in [6.07, 6.45) is 3.71. The minimum absolute atomic E-state index is 0.118. The number of aryl methyl sites for hydroxylation is 1. The van der Waals surface area contributed by atoms with Crippen LogP contribution in [0.1, 0.15) is 16.8 Å². The maximum atomic E-state index is 13.1. The van der Waals surface area contributed by atoms with Gasteiger partial charge in [0, 0.05) is 6.54 Å². The molecule has 0 unspecified atom stereocenters. The molecule has 0 bridgehead atoms. The Morgan fingerprint density at radius 1 is 1.24 bits per heavy atom. The van der Waals surface area contributed by atoms with Crippen LogP contribution in [0.25, 0.3) is 11.2 Å². The van der Waals surface area contributed by atoms with Gasteiger partial charge in [0.25, 0.3) is 0 Å². The summed E-state index contributed by atoms with van der Waals surface area (Å²) in [6, 6.07) is 8.55. The smallest absolute Gasteiger partial charge is 0.338 e. The van der Waals surface area contributed by atoms with Crippen LogP contribution in [-0.2, 0) is 11.3 Å². The van der Waals surface area contributed by atoms with E-state index in [1.807, 2.05) is 0 Å². The fraction of sp³-hybridized carbons (Fsp3) is 0.176. The second-order valence-corrected chi connectivity index (χ2v) is 5.59. The zero-order chi connectivity index (χ0) is 17.6. The first-order valence-corrected chi connectivity index (χ1v) is 7.88. The number of esters is 1. The van der Waals surface area contributed by atoms with Gasteiger partial charge in [-0.05, 0) is 24.1 Å². The highest BCUT2D eigenvalue weighted by Crippen LogP contribution is 2.18. The molecule has 0 N–H and O–H groups in total. The molecule has 0 spiro atoms. The summed E-state index contributed by atoms with van der Waals surface area (Å²) in [5.41, 5.74) is 1.84. The van der Waals surface area contributed by atoms with Crippen molar-refractivity contribution in [3.05, 3.63) is 65.6 Å². The largest absolute Gasteiger partial charge is 0.457 e. The second-order valence-electron chi connectivity index (χ2n) is 5.23. The van der Waals surface area contributed by atoms with Crippen molar-refractivity contribution in [2.45, 2.75) is 13.0 Å². The van der Waals surface area contributed by atoms with Crippen molar-refractivity contribution in [1.29, 1.82) is 0 Å². The van der Waals surface area contributed by atoms with Gasteiger partial charge in [-0.2, -0.15) is 0 Å². The Morgan fingerprint density at radius 2 is 2.04 bits per heavy atom. The molecule has 3 aromatic rings. The average Bonchev–Trinajstić information content (AvgIpc) is 3.07. The van der Waals surface area contributed by atoms with Gasteiger partial charge in [-0.15, -0.1) is 0 Å². The summed E-state index contributed by atoms with van der Waals surface area (Å²) in [4.78, 5) is 24.0. The topological polar surface area (TPSA) is 69.9 Å². The minimum Gasteiger partial charge on any atom is -0.457 e. The van der Waals surface area contributed by atoms with Crippen LogP contribution < -0.4 is 0 Å².